The van der Waals surface area contributed by atoms with Crippen molar-refractivity contribution in [2.24, 2.45) is 0 Å². The summed E-state index contributed by atoms with van der Waals surface area (Å²) in [5, 5.41) is 4.83. The lowest BCUT2D eigenvalue weighted by Crippen LogP contribution is -2.00. The number of methoxy groups -OCH3 is 1. The fourth-order valence-electron chi connectivity index (χ4n) is 3.10. The van der Waals surface area contributed by atoms with E-state index in [9.17, 15) is 0 Å². The van der Waals surface area contributed by atoms with E-state index in [-0.39, 0.29) is 0 Å². The first-order valence-corrected chi connectivity index (χ1v) is 8.70. The predicted molar refractivity (Wildman–Crippen MR) is 108 cm³/mol. The van der Waals surface area contributed by atoms with Crippen molar-refractivity contribution >= 4 is 0 Å². The molecule has 0 saturated heterocycles. The van der Waals surface area contributed by atoms with E-state index in [1.165, 1.54) is 5.56 Å². The molecule has 0 fully saturated rings. The topological polar surface area (TPSA) is 27.1 Å². The fraction of sp³-hybridized carbons (Fsp3) is 0.174. The highest BCUT2D eigenvalue weighted by Crippen LogP contribution is 2.31. The summed E-state index contributed by atoms with van der Waals surface area (Å²) in [4.78, 5) is 0. The third-order valence-corrected chi connectivity index (χ3v) is 4.41. The number of hydrogen-bond acceptors (Lipinski definition) is 2. The first-order chi connectivity index (χ1) is 12.6. The van der Waals surface area contributed by atoms with Crippen LogP contribution in [-0.2, 0) is 6.42 Å². The van der Waals surface area contributed by atoms with Gasteiger partial charge in [-0.15, -0.1) is 6.58 Å². The number of nitrogens with zero attached hydrogens (tertiary/aromatic N) is 2. The number of rotatable bonds is 7. The maximum atomic E-state index is 5.28. The molecule has 132 valence electrons. The van der Waals surface area contributed by atoms with Gasteiger partial charge in [0.25, 0.3) is 0 Å². The third-order valence-electron chi connectivity index (χ3n) is 4.41. The van der Waals surface area contributed by atoms with Gasteiger partial charge in [0.2, 0.25) is 0 Å². The van der Waals surface area contributed by atoms with Crippen molar-refractivity contribution in [3.63, 3.8) is 0 Å². The second kappa shape index (κ2) is 7.87. The average Bonchev–Trinajstić information content (AvgIpc) is 2.99. The summed E-state index contributed by atoms with van der Waals surface area (Å²) in [6.07, 6.45) is 3.49. The molecule has 0 saturated carbocycles. The zero-order valence-corrected chi connectivity index (χ0v) is 15.4. The molecule has 0 spiro atoms. The Bertz CT molecular complexity index is 905. The molecule has 3 aromatic rings. The van der Waals surface area contributed by atoms with E-state index in [1.54, 1.807) is 7.11 Å². The minimum absolute atomic E-state index is 0.790. The zero-order chi connectivity index (χ0) is 18.5. The third kappa shape index (κ3) is 3.62. The van der Waals surface area contributed by atoms with Crippen LogP contribution >= 0.6 is 0 Å². The van der Waals surface area contributed by atoms with Crippen molar-refractivity contribution in [2.75, 3.05) is 7.11 Å². The van der Waals surface area contributed by atoms with Crippen LogP contribution in [0.15, 0.2) is 79.4 Å². The van der Waals surface area contributed by atoms with Crippen LogP contribution in [-0.4, -0.2) is 16.9 Å². The molecule has 26 heavy (non-hydrogen) atoms. The average molecular weight is 344 g/mol. The number of benzene rings is 2. The van der Waals surface area contributed by atoms with Gasteiger partial charge in [-0.05, 0) is 44.0 Å². The summed E-state index contributed by atoms with van der Waals surface area (Å²) in [5.74, 6) is 0.832. The molecular weight excluding hydrogens is 320 g/mol. The fourth-order valence-corrected chi connectivity index (χ4v) is 3.10. The SMILES string of the molecule is C=CCC(=C)Cc1c(C)nn(-c2ccc(OC)cc2)c1-c1ccccc1. The van der Waals surface area contributed by atoms with E-state index in [0.717, 1.165) is 46.8 Å². The summed E-state index contributed by atoms with van der Waals surface area (Å²) in [5.41, 5.74) is 6.62. The Labute approximate surface area is 155 Å². The van der Waals surface area contributed by atoms with Gasteiger partial charge in [-0.1, -0.05) is 48.6 Å². The second-order valence-corrected chi connectivity index (χ2v) is 6.31. The lowest BCUT2D eigenvalue weighted by atomic mass is 9.98. The van der Waals surface area contributed by atoms with Crippen LogP contribution in [0.2, 0.25) is 0 Å². The van der Waals surface area contributed by atoms with E-state index in [4.69, 9.17) is 9.84 Å². The molecule has 3 rings (SSSR count). The Kier molecular flexibility index (Phi) is 5.37. The van der Waals surface area contributed by atoms with Gasteiger partial charge in [0, 0.05) is 11.1 Å². The highest BCUT2D eigenvalue weighted by Gasteiger charge is 2.18. The van der Waals surface area contributed by atoms with Crippen molar-refractivity contribution < 1.29 is 4.74 Å². The van der Waals surface area contributed by atoms with Gasteiger partial charge >= 0.3 is 0 Å². The van der Waals surface area contributed by atoms with E-state index < -0.39 is 0 Å². The molecule has 0 unspecified atom stereocenters. The maximum Gasteiger partial charge on any atom is 0.119 e. The standard InChI is InChI=1S/C23H24N2O/c1-5-9-17(2)16-22-18(3)24-25(20-12-14-21(26-4)15-13-20)23(22)19-10-7-6-8-11-19/h5-8,10-15H,1-2,9,16H2,3-4H3. The minimum Gasteiger partial charge on any atom is -0.497 e. The normalized spacial score (nSPS) is 10.5. The zero-order valence-electron chi connectivity index (χ0n) is 15.4. The molecule has 0 aliphatic carbocycles. The molecule has 0 bridgehead atoms. The van der Waals surface area contributed by atoms with E-state index in [2.05, 4.69) is 44.3 Å². The van der Waals surface area contributed by atoms with Gasteiger partial charge < -0.3 is 4.74 Å². The minimum atomic E-state index is 0.790. The summed E-state index contributed by atoms with van der Waals surface area (Å²) in [6, 6.07) is 18.3. The van der Waals surface area contributed by atoms with Crippen molar-refractivity contribution in [1.29, 1.82) is 0 Å². The summed E-state index contributed by atoms with van der Waals surface area (Å²) in [6.45, 7) is 10.1. The molecule has 0 aliphatic heterocycles. The Balaban J connectivity index is 2.14. The van der Waals surface area contributed by atoms with E-state index >= 15 is 0 Å². The molecule has 0 radical (unpaired) electrons. The summed E-state index contributed by atoms with van der Waals surface area (Å²) in [7, 11) is 1.67. The van der Waals surface area contributed by atoms with Crippen LogP contribution in [0.3, 0.4) is 0 Å². The van der Waals surface area contributed by atoms with Gasteiger partial charge in [-0.2, -0.15) is 5.10 Å². The van der Waals surface area contributed by atoms with E-state index in [0.29, 0.717) is 0 Å². The monoisotopic (exact) mass is 344 g/mol. The number of ether oxygens (including phenoxy) is 1. The molecule has 3 heteroatoms. The van der Waals surface area contributed by atoms with Crippen molar-refractivity contribution in [3.05, 3.63) is 90.7 Å². The molecule has 1 heterocycles. The highest BCUT2D eigenvalue weighted by molar-refractivity contribution is 5.67. The van der Waals surface area contributed by atoms with Crippen LogP contribution in [0.1, 0.15) is 17.7 Å². The van der Waals surface area contributed by atoms with Crippen LogP contribution in [0, 0.1) is 6.92 Å². The quantitative estimate of drug-likeness (QED) is 0.527. The van der Waals surface area contributed by atoms with Crippen LogP contribution in [0.25, 0.3) is 16.9 Å². The van der Waals surface area contributed by atoms with Gasteiger partial charge in [-0.3, -0.25) is 0 Å². The van der Waals surface area contributed by atoms with Crippen LogP contribution in [0.4, 0.5) is 0 Å². The maximum absolute atomic E-state index is 5.28. The number of aromatic nitrogens is 2. The highest BCUT2D eigenvalue weighted by atomic mass is 16.5. The molecule has 3 nitrogen and oxygen atoms in total. The smallest absolute Gasteiger partial charge is 0.119 e. The summed E-state index contributed by atoms with van der Waals surface area (Å²) >= 11 is 0. The molecule has 0 atom stereocenters. The summed E-state index contributed by atoms with van der Waals surface area (Å²) < 4.78 is 7.29. The van der Waals surface area contributed by atoms with Crippen molar-refractivity contribution in [2.45, 2.75) is 19.8 Å². The lowest BCUT2D eigenvalue weighted by molar-refractivity contribution is 0.414. The lowest BCUT2D eigenvalue weighted by Gasteiger charge is -2.11. The Morgan fingerprint density at radius 1 is 1.12 bits per heavy atom. The molecule has 0 aliphatic rings. The van der Waals surface area contributed by atoms with Gasteiger partial charge in [0.15, 0.2) is 0 Å². The van der Waals surface area contributed by atoms with Crippen molar-refractivity contribution in [1.82, 2.24) is 9.78 Å². The molecule has 0 N–H and O–H groups in total. The molecule has 0 amide bonds. The predicted octanol–water partition coefficient (Wildman–Crippen LogP) is 5.53. The molecule has 2 aromatic carbocycles. The number of hydrogen-bond donors (Lipinski definition) is 0. The van der Waals surface area contributed by atoms with Gasteiger partial charge in [0.05, 0.1) is 24.2 Å². The van der Waals surface area contributed by atoms with Crippen LogP contribution < -0.4 is 4.74 Å². The first kappa shape index (κ1) is 17.7. The van der Waals surface area contributed by atoms with Crippen molar-refractivity contribution in [3.8, 4) is 22.7 Å². The first-order valence-electron chi connectivity index (χ1n) is 8.70. The number of aryl methyl sites for hydroxylation is 1. The largest absolute Gasteiger partial charge is 0.497 e. The van der Waals surface area contributed by atoms with Crippen LogP contribution in [0.5, 0.6) is 5.75 Å². The Hall–Kier alpha value is -3.07. The van der Waals surface area contributed by atoms with Gasteiger partial charge in [0.1, 0.15) is 5.75 Å². The Morgan fingerprint density at radius 2 is 1.81 bits per heavy atom. The number of allylic oxidation sites excluding steroid dienone is 2. The second-order valence-electron chi connectivity index (χ2n) is 6.31. The molecule has 1 aromatic heterocycles. The van der Waals surface area contributed by atoms with Gasteiger partial charge in [-0.25, -0.2) is 4.68 Å². The molecular formula is C23H24N2O. The Morgan fingerprint density at radius 3 is 2.42 bits per heavy atom. The van der Waals surface area contributed by atoms with E-state index in [1.807, 2.05) is 41.1 Å².